The van der Waals surface area contributed by atoms with Gasteiger partial charge in [0.05, 0.1) is 24.5 Å². The number of hydrogen-bond acceptors (Lipinski definition) is 12. The van der Waals surface area contributed by atoms with Crippen LogP contribution in [-0.2, 0) is 19.1 Å². The molecule has 0 unspecified atom stereocenters. The lowest BCUT2D eigenvalue weighted by Crippen LogP contribution is -2.56. The van der Waals surface area contributed by atoms with Crippen molar-refractivity contribution in [1.29, 1.82) is 5.26 Å². The van der Waals surface area contributed by atoms with Crippen molar-refractivity contribution in [3.8, 4) is 29.1 Å². The molecule has 2 heterocycles. The predicted octanol–water partition coefficient (Wildman–Crippen LogP) is 1.34. The largest absolute Gasteiger partial charge is 0.504 e. The number of likely N-dealkylation sites (N-methyl/N-ethyl adjacent to an activating group) is 1. The van der Waals surface area contributed by atoms with Crippen LogP contribution < -0.4 is 30.7 Å². The van der Waals surface area contributed by atoms with Crippen LogP contribution in [-0.4, -0.2) is 70.8 Å². The summed E-state index contributed by atoms with van der Waals surface area (Å²) >= 11 is 0. The van der Waals surface area contributed by atoms with E-state index in [1.807, 2.05) is 0 Å². The van der Waals surface area contributed by atoms with Gasteiger partial charge in [0.15, 0.2) is 11.5 Å². The monoisotopic (exact) mass is 628 g/mol. The summed E-state index contributed by atoms with van der Waals surface area (Å²) in [6.45, 7) is 4.64. The summed E-state index contributed by atoms with van der Waals surface area (Å²) in [4.78, 5) is 63.7. The second-order valence-corrected chi connectivity index (χ2v) is 10.7. The summed E-state index contributed by atoms with van der Waals surface area (Å²) in [6.07, 6.45) is -3.71. The minimum atomic E-state index is -1.95. The number of ether oxygens (including phenoxy) is 3. The number of amides is 4. The number of fused-ring (bicyclic) bond motifs is 9. The first kappa shape index (κ1) is 33.9. The zero-order valence-electron chi connectivity index (χ0n) is 24.9. The van der Waals surface area contributed by atoms with E-state index in [0.717, 1.165) is 18.2 Å². The Morgan fingerprint density at radius 2 is 1.82 bits per heavy atom. The highest BCUT2D eigenvalue weighted by atomic mass is 16.6. The van der Waals surface area contributed by atoms with Crippen molar-refractivity contribution in [1.82, 2.24) is 21.3 Å². The Morgan fingerprint density at radius 1 is 1.13 bits per heavy atom. The molecular weight excluding hydrogens is 596 g/mol. The second-order valence-electron chi connectivity index (χ2n) is 10.7. The van der Waals surface area contributed by atoms with E-state index in [-0.39, 0.29) is 22.6 Å². The molecule has 45 heavy (non-hydrogen) atoms. The van der Waals surface area contributed by atoms with Crippen LogP contribution in [0.25, 0.3) is 0 Å². The number of phenolic OH excluding ortho intramolecular Hbond substituents is 1. The second kappa shape index (κ2) is 13.8. The van der Waals surface area contributed by atoms with E-state index in [0.29, 0.717) is 0 Å². The third-order valence-corrected chi connectivity index (χ3v) is 6.33. The lowest BCUT2D eigenvalue weighted by atomic mass is 9.99. The SMILES string of the molecule is CNC(=O)[C@H]1NC(=O)[C@H](CC#N)NC(=O)[C@H](NC(=O)OC(C)(C)C)[C@H](O)c2ccc(c([N+](=O)[O-])c2)Oc2cc1cc(O)c2OC. The fraction of sp³-hybridized carbons (Fsp3) is 0.393. The molecule has 4 rings (SSSR count). The Bertz CT molecular complexity index is 1550. The predicted molar refractivity (Wildman–Crippen MR) is 153 cm³/mol. The number of alkyl carbamates (subject to hydrolysis) is 1. The van der Waals surface area contributed by atoms with Crippen LogP contribution in [0, 0.1) is 21.4 Å². The Hall–Kier alpha value is -5.63. The van der Waals surface area contributed by atoms with Crippen molar-refractivity contribution in [2.75, 3.05) is 14.2 Å². The molecule has 240 valence electrons. The van der Waals surface area contributed by atoms with Crippen LogP contribution in [0.2, 0.25) is 0 Å². The van der Waals surface area contributed by atoms with Crippen molar-refractivity contribution in [3.63, 3.8) is 0 Å². The number of methoxy groups -OCH3 is 1. The molecule has 0 aromatic heterocycles. The van der Waals surface area contributed by atoms with Gasteiger partial charge in [-0.25, -0.2) is 4.79 Å². The first-order valence-electron chi connectivity index (χ1n) is 13.3. The van der Waals surface area contributed by atoms with Gasteiger partial charge in [-0.3, -0.25) is 24.5 Å². The van der Waals surface area contributed by atoms with Gasteiger partial charge in [-0.05, 0) is 50.1 Å². The summed E-state index contributed by atoms with van der Waals surface area (Å²) in [6, 6.07) is 2.12. The number of aromatic hydroxyl groups is 1. The topological polar surface area (TPSA) is 251 Å². The molecule has 17 nitrogen and oxygen atoms in total. The molecule has 17 heteroatoms. The van der Waals surface area contributed by atoms with E-state index in [9.17, 15) is 44.8 Å². The average molecular weight is 629 g/mol. The van der Waals surface area contributed by atoms with Crippen LogP contribution in [0.1, 0.15) is 50.5 Å². The average Bonchev–Trinajstić information content (AvgIpc) is 2.96. The summed E-state index contributed by atoms with van der Waals surface area (Å²) in [5.41, 5.74) is -2.00. The van der Waals surface area contributed by atoms with Crippen molar-refractivity contribution < 1.29 is 48.5 Å². The van der Waals surface area contributed by atoms with E-state index < -0.39 is 82.2 Å². The number of nitro benzene ring substituents is 1. The molecule has 6 N–H and O–H groups in total. The standard InChI is InChI=1S/C28H32N6O11/c1-28(2,3)45-27(40)33-21-22(36)13-6-7-18(16(10-13)34(41)42)44-19-12-14(11-17(35)23(19)43-5)20(25(38)30-4)32-24(37)15(8-9-29)31-26(21)39/h6-7,10-12,15,20-22,35-36H,8H2,1-5H3,(H,30,38)(H,31,39)(H,32,37)(H,33,40)/t15-,20-,21+,22+/m0/s1. The third-order valence-electron chi connectivity index (χ3n) is 6.33. The van der Waals surface area contributed by atoms with Crippen molar-refractivity contribution in [2.45, 2.75) is 57.0 Å². The maximum atomic E-state index is 13.5. The third kappa shape index (κ3) is 8.06. The van der Waals surface area contributed by atoms with E-state index in [1.165, 1.54) is 26.3 Å². The smallest absolute Gasteiger partial charge is 0.408 e. The molecule has 2 aromatic rings. The Labute approximate surface area is 256 Å². The first-order chi connectivity index (χ1) is 21.1. The molecule has 2 aliphatic rings. The van der Waals surface area contributed by atoms with Gasteiger partial charge in [-0.15, -0.1) is 0 Å². The van der Waals surface area contributed by atoms with E-state index >= 15 is 0 Å². The number of rotatable bonds is 5. The molecule has 0 aliphatic carbocycles. The van der Waals surface area contributed by atoms with Gasteiger partial charge in [0.1, 0.15) is 29.8 Å². The van der Waals surface area contributed by atoms with Crippen LogP contribution >= 0.6 is 0 Å². The number of nitrogens with one attached hydrogen (secondary N) is 4. The molecule has 2 aliphatic heterocycles. The molecule has 4 atom stereocenters. The van der Waals surface area contributed by atoms with Gasteiger partial charge in [-0.1, -0.05) is 6.07 Å². The lowest BCUT2D eigenvalue weighted by Gasteiger charge is -2.28. The minimum absolute atomic E-state index is 0.0655. The zero-order valence-corrected chi connectivity index (χ0v) is 24.9. The highest BCUT2D eigenvalue weighted by Gasteiger charge is 2.37. The van der Waals surface area contributed by atoms with Crippen LogP contribution in [0.5, 0.6) is 23.0 Å². The number of aliphatic hydroxyl groups is 1. The van der Waals surface area contributed by atoms with Crippen molar-refractivity contribution in [2.24, 2.45) is 0 Å². The van der Waals surface area contributed by atoms with Gasteiger partial charge in [-0.2, -0.15) is 5.26 Å². The molecule has 0 saturated carbocycles. The summed E-state index contributed by atoms with van der Waals surface area (Å²) < 4.78 is 16.1. The highest BCUT2D eigenvalue weighted by molar-refractivity contribution is 5.94. The maximum absolute atomic E-state index is 13.5. The van der Waals surface area contributed by atoms with Gasteiger partial charge in [0.2, 0.25) is 29.2 Å². The number of aliphatic hydroxyl groups excluding tert-OH is 1. The molecule has 0 fully saturated rings. The lowest BCUT2D eigenvalue weighted by molar-refractivity contribution is -0.385. The fourth-order valence-corrected chi connectivity index (χ4v) is 4.29. The molecule has 4 amide bonds. The highest BCUT2D eigenvalue weighted by Crippen LogP contribution is 2.44. The van der Waals surface area contributed by atoms with Crippen molar-refractivity contribution in [3.05, 3.63) is 51.6 Å². The number of nitro groups is 1. The number of nitriles is 1. The maximum Gasteiger partial charge on any atom is 0.408 e. The van der Waals surface area contributed by atoms with Crippen molar-refractivity contribution >= 4 is 29.5 Å². The molecule has 4 bridgehead atoms. The number of carbonyl (C=O) groups is 4. The van der Waals surface area contributed by atoms with E-state index in [1.54, 1.807) is 26.8 Å². The number of carbonyl (C=O) groups excluding carboxylic acids is 4. The first-order valence-corrected chi connectivity index (χ1v) is 13.3. The Balaban J connectivity index is 2.28. The fourth-order valence-electron chi connectivity index (χ4n) is 4.29. The summed E-state index contributed by atoms with van der Waals surface area (Å²) in [5.74, 6) is -4.48. The number of phenols is 1. The number of benzene rings is 2. The zero-order chi connectivity index (χ0) is 33.6. The normalized spacial score (nSPS) is 20.0. The quantitative estimate of drug-likeness (QED) is 0.203. The van der Waals surface area contributed by atoms with Crippen LogP contribution in [0.3, 0.4) is 0 Å². The van der Waals surface area contributed by atoms with Gasteiger partial charge in [0, 0.05) is 13.1 Å². The Morgan fingerprint density at radius 3 is 2.40 bits per heavy atom. The molecule has 2 aromatic carbocycles. The van der Waals surface area contributed by atoms with Gasteiger partial charge in [0.25, 0.3) is 0 Å². The molecule has 0 saturated heterocycles. The minimum Gasteiger partial charge on any atom is -0.504 e. The number of nitrogens with zero attached hydrogens (tertiary/aromatic N) is 2. The van der Waals surface area contributed by atoms with Crippen LogP contribution in [0.15, 0.2) is 30.3 Å². The van der Waals surface area contributed by atoms with Crippen LogP contribution in [0.4, 0.5) is 10.5 Å². The van der Waals surface area contributed by atoms with Gasteiger partial charge >= 0.3 is 11.8 Å². The molecule has 0 spiro atoms. The Kier molecular flexibility index (Phi) is 10.4. The van der Waals surface area contributed by atoms with E-state index in [2.05, 4.69) is 21.3 Å². The molecule has 0 radical (unpaired) electrons. The van der Waals surface area contributed by atoms with Gasteiger partial charge < -0.3 is 45.7 Å². The summed E-state index contributed by atoms with van der Waals surface area (Å²) in [7, 11) is 2.45. The van der Waals surface area contributed by atoms with E-state index in [4.69, 9.17) is 14.2 Å². The number of hydrogen-bond donors (Lipinski definition) is 6. The summed E-state index contributed by atoms with van der Waals surface area (Å²) in [5, 5.41) is 52.6. The molecular formula is C28H32N6O11.